The summed E-state index contributed by atoms with van der Waals surface area (Å²) in [7, 11) is 0. The Labute approximate surface area is 147 Å². The topological polar surface area (TPSA) is 66.7 Å². The van der Waals surface area contributed by atoms with E-state index in [1.54, 1.807) is 0 Å². The molecular weight excluding hydrogens is 316 g/mol. The average Bonchev–Trinajstić information content (AvgIpc) is 3.40. The third-order valence-electron chi connectivity index (χ3n) is 5.12. The molecule has 1 saturated heterocycles. The van der Waals surface area contributed by atoms with Crippen molar-refractivity contribution >= 4 is 17.5 Å². The summed E-state index contributed by atoms with van der Waals surface area (Å²) in [6.45, 7) is 1.96. The average molecular weight is 340 g/mol. The van der Waals surface area contributed by atoms with Gasteiger partial charge in [0.05, 0.1) is 11.6 Å². The van der Waals surface area contributed by atoms with Gasteiger partial charge >= 0.3 is 0 Å². The first-order valence-corrected chi connectivity index (χ1v) is 9.20. The van der Waals surface area contributed by atoms with Crippen LogP contribution in [0.4, 0.5) is 0 Å². The minimum atomic E-state index is -0.0717. The van der Waals surface area contributed by atoms with Gasteiger partial charge in [-0.1, -0.05) is 6.07 Å². The van der Waals surface area contributed by atoms with Gasteiger partial charge in [-0.3, -0.25) is 9.59 Å². The Balaban J connectivity index is 1.27. The smallest absolute Gasteiger partial charge is 0.225 e. The van der Waals surface area contributed by atoms with Crippen molar-refractivity contribution < 1.29 is 9.59 Å². The molecule has 2 aliphatic rings. The molecule has 3 heterocycles. The van der Waals surface area contributed by atoms with Gasteiger partial charge in [0.1, 0.15) is 5.65 Å². The molecule has 6 nitrogen and oxygen atoms in total. The number of pyridine rings is 1. The first kappa shape index (κ1) is 16.1. The molecule has 132 valence electrons. The maximum Gasteiger partial charge on any atom is 0.225 e. The highest BCUT2D eigenvalue weighted by molar-refractivity contribution is 5.83. The van der Waals surface area contributed by atoms with Gasteiger partial charge in [-0.2, -0.15) is 0 Å². The molecule has 2 aromatic heterocycles. The first-order valence-electron chi connectivity index (χ1n) is 9.20. The highest BCUT2D eigenvalue weighted by atomic mass is 16.2. The van der Waals surface area contributed by atoms with E-state index in [1.807, 2.05) is 39.9 Å². The van der Waals surface area contributed by atoms with Gasteiger partial charge in [-0.05, 0) is 37.8 Å². The largest absolute Gasteiger partial charge is 0.355 e. The third kappa shape index (κ3) is 3.67. The monoisotopic (exact) mass is 340 g/mol. The lowest BCUT2D eigenvalue weighted by molar-refractivity contribution is -0.136. The van der Waals surface area contributed by atoms with E-state index in [1.165, 1.54) is 0 Å². The van der Waals surface area contributed by atoms with E-state index in [-0.39, 0.29) is 23.7 Å². The molecule has 2 fully saturated rings. The second-order valence-electron chi connectivity index (χ2n) is 7.14. The molecule has 25 heavy (non-hydrogen) atoms. The zero-order valence-electron chi connectivity index (χ0n) is 14.4. The number of nitrogens with one attached hydrogen (secondary N) is 1. The minimum absolute atomic E-state index is 0.0667. The predicted molar refractivity (Wildman–Crippen MR) is 93.9 cm³/mol. The highest BCUT2D eigenvalue weighted by Crippen LogP contribution is 2.32. The second-order valence-corrected chi connectivity index (χ2v) is 7.14. The molecule has 1 N–H and O–H groups in total. The molecule has 2 amide bonds. The van der Waals surface area contributed by atoms with E-state index in [2.05, 4.69) is 10.3 Å². The van der Waals surface area contributed by atoms with Gasteiger partial charge < -0.3 is 14.6 Å². The number of carbonyl (C=O) groups is 2. The van der Waals surface area contributed by atoms with E-state index in [0.717, 1.165) is 43.6 Å². The number of likely N-dealkylation sites (tertiary alicyclic amines) is 1. The number of hydrogen-bond acceptors (Lipinski definition) is 3. The molecule has 0 unspecified atom stereocenters. The minimum Gasteiger partial charge on any atom is -0.355 e. The van der Waals surface area contributed by atoms with E-state index >= 15 is 0 Å². The fourth-order valence-electron chi connectivity index (χ4n) is 3.55. The molecule has 1 aliphatic heterocycles. The maximum atomic E-state index is 12.4. The molecule has 4 rings (SSSR count). The van der Waals surface area contributed by atoms with Gasteiger partial charge in [0.25, 0.3) is 0 Å². The number of fused-ring (bicyclic) bond motifs is 1. The van der Waals surface area contributed by atoms with Gasteiger partial charge in [-0.15, -0.1) is 0 Å². The summed E-state index contributed by atoms with van der Waals surface area (Å²) in [5.74, 6) is 0.480. The van der Waals surface area contributed by atoms with Crippen molar-refractivity contribution in [2.24, 2.45) is 11.8 Å². The summed E-state index contributed by atoms with van der Waals surface area (Å²) in [6, 6.07) is 5.90. The summed E-state index contributed by atoms with van der Waals surface area (Å²) < 4.78 is 1.99. The van der Waals surface area contributed by atoms with Crippen LogP contribution in [0.15, 0.2) is 30.6 Å². The number of carbonyl (C=O) groups excluding carboxylic acids is 2. The molecule has 0 spiro atoms. The molecular formula is C19H24N4O2. The zero-order valence-corrected chi connectivity index (χ0v) is 14.4. The molecule has 1 atom stereocenters. The summed E-state index contributed by atoms with van der Waals surface area (Å²) in [5, 5.41) is 3.02. The van der Waals surface area contributed by atoms with Crippen LogP contribution in [0.2, 0.25) is 0 Å². The standard InChI is InChI=1S/C19H24N4O2/c24-18(15-4-3-11-23(12-15)19(25)14-6-7-14)20-9-8-16-13-22-10-2-1-5-17(22)21-16/h1-2,5,10,13-15H,3-4,6-9,11-12H2,(H,20,24)/t15-/m1/s1. The number of rotatable bonds is 5. The Bertz CT molecular complexity index is 748. The summed E-state index contributed by atoms with van der Waals surface area (Å²) in [6.07, 6.45) is 8.51. The van der Waals surface area contributed by atoms with Crippen molar-refractivity contribution in [1.29, 1.82) is 0 Å². The van der Waals surface area contributed by atoms with Gasteiger partial charge in [0, 0.05) is 44.4 Å². The number of piperidine rings is 1. The number of hydrogen-bond donors (Lipinski definition) is 1. The van der Waals surface area contributed by atoms with Crippen LogP contribution in [0.1, 0.15) is 31.4 Å². The summed E-state index contributed by atoms with van der Waals surface area (Å²) in [4.78, 5) is 31.1. The lowest BCUT2D eigenvalue weighted by atomic mass is 9.96. The molecule has 0 aromatic carbocycles. The number of imidazole rings is 1. The van der Waals surface area contributed by atoms with E-state index in [4.69, 9.17) is 0 Å². The van der Waals surface area contributed by atoms with Gasteiger partial charge in [-0.25, -0.2) is 4.98 Å². The Morgan fingerprint density at radius 3 is 2.88 bits per heavy atom. The van der Waals surface area contributed by atoms with Crippen LogP contribution in [0.5, 0.6) is 0 Å². The molecule has 0 radical (unpaired) electrons. The number of amides is 2. The third-order valence-corrected chi connectivity index (χ3v) is 5.12. The Morgan fingerprint density at radius 1 is 1.20 bits per heavy atom. The van der Waals surface area contributed by atoms with Crippen LogP contribution in [-0.4, -0.2) is 45.7 Å². The summed E-state index contributed by atoms with van der Waals surface area (Å²) in [5.41, 5.74) is 1.89. The van der Waals surface area contributed by atoms with Crippen LogP contribution in [-0.2, 0) is 16.0 Å². The van der Waals surface area contributed by atoms with Crippen LogP contribution < -0.4 is 5.32 Å². The molecule has 1 aliphatic carbocycles. The highest BCUT2D eigenvalue weighted by Gasteiger charge is 2.36. The van der Waals surface area contributed by atoms with Crippen LogP contribution >= 0.6 is 0 Å². The van der Waals surface area contributed by atoms with Gasteiger partial charge in [0.2, 0.25) is 11.8 Å². The molecule has 1 saturated carbocycles. The van der Waals surface area contributed by atoms with Crippen LogP contribution in [0.3, 0.4) is 0 Å². The van der Waals surface area contributed by atoms with Gasteiger partial charge in [0.15, 0.2) is 0 Å². The van der Waals surface area contributed by atoms with E-state index < -0.39 is 0 Å². The van der Waals surface area contributed by atoms with Crippen molar-refractivity contribution in [3.63, 3.8) is 0 Å². The maximum absolute atomic E-state index is 12.4. The quantitative estimate of drug-likeness (QED) is 0.900. The van der Waals surface area contributed by atoms with E-state index in [0.29, 0.717) is 19.5 Å². The van der Waals surface area contributed by atoms with Crippen molar-refractivity contribution in [1.82, 2.24) is 19.6 Å². The van der Waals surface area contributed by atoms with Crippen LogP contribution in [0.25, 0.3) is 5.65 Å². The first-order chi connectivity index (χ1) is 12.2. The van der Waals surface area contributed by atoms with Crippen molar-refractivity contribution in [3.8, 4) is 0 Å². The van der Waals surface area contributed by atoms with Crippen molar-refractivity contribution in [3.05, 3.63) is 36.3 Å². The normalized spacial score (nSPS) is 20.6. The molecule has 6 heteroatoms. The van der Waals surface area contributed by atoms with Crippen molar-refractivity contribution in [2.75, 3.05) is 19.6 Å². The Hall–Kier alpha value is -2.37. The fraction of sp³-hybridized carbons (Fsp3) is 0.526. The lowest BCUT2D eigenvalue weighted by Gasteiger charge is -2.32. The van der Waals surface area contributed by atoms with Crippen LogP contribution in [0, 0.1) is 11.8 Å². The molecule has 0 bridgehead atoms. The van der Waals surface area contributed by atoms with E-state index in [9.17, 15) is 9.59 Å². The van der Waals surface area contributed by atoms with Crippen molar-refractivity contribution in [2.45, 2.75) is 32.1 Å². The number of nitrogens with zero attached hydrogens (tertiary/aromatic N) is 3. The Morgan fingerprint density at radius 2 is 2.08 bits per heavy atom. The second kappa shape index (κ2) is 6.86. The SMILES string of the molecule is O=C(NCCc1cn2ccccc2n1)[C@@H]1CCCN(C(=O)C2CC2)C1. The fourth-order valence-corrected chi connectivity index (χ4v) is 3.55. The molecule has 2 aromatic rings. The number of aromatic nitrogens is 2. The zero-order chi connectivity index (χ0) is 17.2. The Kier molecular flexibility index (Phi) is 4.42. The summed E-state index contributed by atoms with van der Waals surface area (Å²) >= 11 is 0. The predicted octanol–water partition coefficient (Wildman–Crippen LogP) is 1.64. The lowest BCUT2D eigenvalue weighted by Crippen LogP contribution is -2.46.